The van der Waals surface area contributed by atoms with Crippen molar-refractivity contribution in [3.63, 3.8) is 0 Å². The normalized spacial score (nSPS) is 16.6. The molecular formula is C25H28FN7O5. The smallest absolute Gasteiger partial charge is 0.261 e. The summed E-state index contributed by atoms with van der Waals surface area (Å²) in [5.74, 6) is -1.49. The zero-order valence-corrected chi connectivity index (χ0v) is 21.0. The van der Waals surface area contributed by atoms with E-state index in [-0.39, 0.29) is 35.8 Å². The van der Waals surface area contributed by atoms with E-state index >= 15 is 0 Å². The number of nitrogens with zero attached hydrogens (tertiary/aromatic N) is 5. The highest BCUT2D eigenvalue weighted by Gasteiger charge is 2.35. The summed E-state index contributed by atoms with van der Waals surface area (Å²) in [5.41, 5.74) is 6.43. The van der Waals surface area contributed by atoms with E-state index in [2.05, 4.69) is 15.4 Å². The number of carbonyl (C=O) groups excluding carboxylic acids is 3. The van der Waals surface area contributed by atoms with Crippen molar-refractivity contribution in [2.24, 2.45) is 5.73 Å². The van der Waals surface area contributed by atoms with Crippen LogP contribution in [0.4, 0.5) is 15.8 Å². The molecule has 2 aliphatic rings. The fourth-order valence-electron chi connectivity index (χ4n) is 4.49. The van der Waals surface area contributed by atoms with Crippen LogP contribution in [0.2, 0.25) is 0 Å². The Morgan fingerprint density at radius 1 is 1.26 bits per heavy atom. The molecule has 0 bridgehead atoms. The van der Waals surface area contributed by atoms with Crippen LogP contribution in [0.15, 0.2) is 30.7 Å². The third kappa shape index (κ3) is 4.77. The minimum Gasteiger partial charge on any atom is -0.387 e. The first-order chi connectivity index (χ1) is 18.0. The Morgan fingerprint density at radius 2 is 2.00 bits per heavy atom. The molecule has 0 aliphatic carbocycles. The molecule has 1 fully saturated rings. The quantitative estimate of drug-likeness (QED) is 0.412. The first kappa shape index (κ1) is 25.5. The standard InChI is InChI=1S/C25H28FN7O5/c1-25(2,37)20(26)13-32-11-14-7-18(19(8-16(14)24(32)36)31-3-5-38-6-4-31)30-23(35)17-10-29-33-12-15(21(27)34)9-28-22(17)33/h7-10,12,20,37H,3-6,11,13H2,1-2H3,(H2,27,34)(H,30,35)/t20-/m1/s1. The van der Waals surface area contributed by atoms with Crippen LogP contribution < -0.4 is 16.0 Å². The Hall–Kier alpha value is -4.10. The Kier molecular flexibility index (Phi) is 6.49. The van der Waals surface area contributed by atoms with Crippen LogP contribution in [0.1, 0.15) is 50.5 Å². The SMILES string of the molecule is CC(C)(O)[C@H](F)CN1Cc2cc(NC(=O)c3cnn4cc(C(N)=O)cnc34)c(N3CCOCC3)cc2C1=O. The van der Waals surface area contributed by atoms with Crippen molar-refractivity contribution in [3.05, 3.63) is 53.0 Å². The van der Waals surface area contributed by atoms with E-state index in [0.717, 1.165) is 0 Å². The number of benzene rings is 1. The van der Waals surface area contributed by atoms with Gasteiger partial charge in [0.05, 0.1) is 48.5 Å². The monoisotopic (exact) mass is 525 g/mol. The van der Waals surface area contributed by atoms with Crippen molar-refractivity contribution in [2.75, 3.05) is 43.1 Å². The van der Waals surface area contributed by atoms with E-state index in [1.54, 1.807) is 12.1 Å². The second-order valence-electron chi connectivity index (χ2n) is 9.92. The number of carbonyl (C=O) groups is 3. The Morgan fingerprint density at radius 3 is 2.68 bits per heavy atom. The van der Waals surface area contributed by atoms with Gasteiger partial charge in [-0.25, -0.2) is 13.9 Å². The first-order valence-electron chi connectivity index (χ1n) is 12.1. The van der Waals surface area contributed by atoms with Gasteiger partial charge in [-0.2, -0.15) is 5.10 Å². The second-order valence-corrected chi connectivity index (χ2v) is 9.92. The highest BCUT2D eigenvalue weighted by Crippen LogP contribution is 2.36. The summed E-state index contributed by atoms with van der Waals surface area (Å²) in [7, 11) is 0. The number of nitrogens with two attached hydrogens (primary N) is 1. The zero-order valence-electron chi connectivity index (χ0n) is 21.0. The molecule has 2 aromatic heterocycles. The lowest BCUT2D eigenvalue weighted by Crippen LogP contribution is -2.42. The van der Waals surface area contributed by atoms with Crippen molar-refractivity contribution in [3.8, 4) is 0 Å². The summed E-state index contributed by atoms with van der Waals surface area (Å²) in [6.45, 7) is 4.69. The van der Waals surface area contributed by atoms with E-state index in [4.69, 9.17) is 10.5 Å². The number of amides is 3. The summed E-state index contributed by atoms with van der Waals surface area (Å²) in [5, 5.41) is 17.0. The summed E-state index contributed by atoms with van der Waals surface area (Å²) < 4.78 is 21.3. The molecule has 1 aromatic carbocycles. The number of hydrogen-bond acceptors (Lipinski definition) is 8. The number of aromatic nitrogens is 3. The molecule has 5 rings (SSSR count). The average Bonchev–Trinajstić information content (AvgIpc) is 3.43. The summed E-state index contributed by atoms with van der Waals surface area (Å²) >= 11 is 0. The van der Waals surface area contributed by atoms with E-state index in [1.807, 2.05) is 4.90 Å². The van der Waals surface area contributed by atoms with Crippen LogP contribution in [0.5, 0.6) is 0 Å². The lowest BCUT2D eigenvalue weighted by Gasteiger charge is -2.31. The molecule has 0 radical (unpaired) electrons. The Balaban J connectivity index is 1.47. The number of hydrogen-bond donors (Lipinski definition) is 3. The molecule has 2 aliphatic heterocycles. The summed E-state index contributed by atoms with van der Waals surface area (Å²) in [4.78, 5) is 45.4. The maximum atomic E-state index is 14.6. The van der Waals surface area contributed by atoms with Crippen LogP contribution in [-0.4, -0.2) is 86.9 Å². The van der Waals surface area contributed by atoms with E-state index in [1.165, 1.54) is 41.9 Å². The first-order valence-corrected chi connectivity index (χ1v) is 12.1. The minimum atomic E-state index is -1.63. The van der Waals surface area contributed by atoms with Crippen molar-refractivity contribution >= 4 is 34.7 Å². The number of nitrogens with one attached hydrogen (secondary N) is 1. The van der Waals surface area contributed by atoms with E-state index in [0.29, 0.717) is 48.8 Å². The fraction of sp³-hybridized carbons (Fsp3) is 0.400. The Labute approximate surface area is 217 Å². The number of aliphatic hydroxyl groups is 1. The molecule has 12 nitrogen and oxygen atoms in total. The van der Waals surface area contributed by atoms with Crippen LogP contribution >= 0.6 is 0 Å². The van der Waals surface area contributed by atoms with Crippen molar-refractivity contribution < 1.29 is 28.6 Å². The molecule has 4 heterocycles. The van der Waals surface area contributed by atoms with Crippen molar-refractivity contribution in [1.82, 2.24) is 19.5 Å². The molecule has 4 N–H and O–H groups in total. The predicted octanol–water partition coefficient (Wildman–Crippen LogP) is 0.982. The highest BCUT2D eigenvalue weighted by molar-refractivity contribution is 6.10. The molecule has 3 aromatic rings. The van der Waals surface area contributed by atoms with Gasteiger partial charge in [0, 0.05) is 37.6 Å². The van der Waals surface area contributed by atoms with E-state index in [9.17, 15) is 23.9 Å². The largest absolute Gasteiger partial charge is 0.387 e. The summed E-state index contributed by atoms with van der Waals surface area (Å²) in [6.07, 6.45) is 2.38. The lowest BCUT2D eigenvalue weighted by molar-refractivity contribution is -0.0159. The molecule has 0 saturated carbocycles. The number of halogens is 1. The number of ether oxygens (including phenoxy) is 1. The molecule has 0 spiro atoms. The van der Waals surface area contributed by atoms with Gasteiger partial charge in [-0.1, -0.05) is 0 Å². The maximum absolute atomic E-state index is 14.6. The van der Waals surface area contributed by atoms with Crippen molar-refractivity contribution in [1.29, 1.82) is 0 Å². The van der Waals surface area contributed by atoms with Gasteiger partial charge >= 0.3 is 0 Å². The van der Waals surface area contributed by atoms with Gasteiger partial charge in [-0.05, 0) is 31.5 Å². The fourth-order valence-corrected chi connectivity index (χ4v) is 4.49. The zero-order chi connectivity index (χ0) is 27.2. The number of rotatable bonds is 7. The molecular weight excluding hydrogens is 497 g/mol. The molecule has 38 heavy (non-hydrogen) atoms. The number of primary amides is 1. The van der Waals surface area contributed by atoms with E-state index < -0.39 is 23.6 Å². The average molecular weight is 526 g/mol. The highest BCUT2D eigenvalue weighted by atomic mass is 19.1. The maximum Gasteiger partial charge on any atom is 0.261 e. The molecule has 1 atom stereocenters. The van der Waals surface area contributed by atoms with Crippen LogP contribution in [0.3, 0.4) is 0 Å². The molecule has 3 amide bonds. The van der Waals surface area contributed by atoms with Crippen LogP contribution in [0.25, 0.3) is 5.65 Å². The van der Waals surface area contributed by atoms with Gasteiger partial charge in [-0.3, -0.25) is 14.4 Å². The third-order valence-corrected chi connectivity index (χ3v) is 6.73. The molecule has 0 unspecified atom stereocenters. The summed E-state index contributed by atoms with van der Waals surface area (Å²) in [6, 6.07) is 3.43. The van der Waals surface area contributed by atoms with Gasteiger partial charge in [0.1, 0.15) is 11.7 Å². The number of morpholine rings is 1. The van der Waals surface area contributed by atoms with Gasteiger partial charge in [0.15, 0.2) is 5.65 Å². The Bertz CT molecular complexity index is 1430. The van der Waals surface area contributed by atoms with Gasteiger partial charge < -0.3 is 30.7 Å². The second kappa shape index (κ2) is 9.65. The topological polar surface area (TPSA) is 155 Å². The van der Waals surface area contributed by atoms with Gasteiger partial charge in [-0.15, -0.1) is 0 Å². The third-order valence-electron chi connectivity index (χ3n) is 6.73. The van der Waals surface area contributed by atoms with Crippen molar-refractivity contribution in [2.45, 2.75) is 32.2 Å². The lowest BCUT2D eigenvalue weighted by atomic mass is 10.0. The number of alkyl halides is 1. The minimum absolute atomic E-state index is 0.144. The number of fused-ring (bicyclic) bond motifs is 2. The van der Waals surface area contributed by atoms with Gasteiger partial charge in [0.25, 0.3) is 17.7 Å². The van der Waals surface area contributed by atoms with Gasteiger partial charge in [0.2, 0.25) is 0 Å². The van der Waals surface area contributed by atoms with Crippen LogP contribution in [-0.2, 0) is 11.3 Å². The number of anilines is 2. The van der Waals surface area contributed by atoms with Crippen LogP contribution in [0, 0.1) is 0 Å². The molecule has 13 heteroatoms. The predicted molar refractivity (Wildman–Crippen MR) is 135 cm³/mol. The molecule has 200 valence electrons. The molecule has 1 saturated heterocycles.